The number of hydrogen-bond donors (Lipinski definition) is 7. The number of carbonyl (C=O) groups excluding carboxylic acids is 1. The molecule has 0 radical (unpaired) electrons. The van der Waals surface area contributed by atoms with Gasteiger partial charge in [-0.25, -0.2) is 4.79 Å². The number of carbonyl (C=O) groups is 1. The van der Waals surface area contributed by atoms with Crippen LogP contribution in [-0.2, 0) is 23.7 Å². The summed E-state index contributed by atoms with van der Waals surface area (Å²) in [4.78, 5) is 12.1. The average molecular weight is 398 g/mol. The van der Waals surface area contributed by atoms with Crippen LogP contribution in [0.2, 0.25) is 0 Å². The van der Waals surface area contributed by atoms with Gasteiger partial charge in [-0.2, -0.15) is 0 Å². The van der Waals surface area contributed by atoms with Crippen LogP contribution in [0, 0.1) is 0 Å². The van der Waals surface area contributed by atoms with Gasteiger partial charge in [-0.15, -0.1) is 0 Å². The number of hydrogen-bond acceptors (Lipinski definition) is 12. The molecular formula is C15H26O12. The molecule has 12 heteroatoms. The Bertz CT molecular complexity index is 515. The molecule has 2 saturated heterocycles. The summed E-state index contributed by atoms with van der Waals surface area (Å²) in [7, 11) is 0. The van der Waals surface area contributed by atoms with Crippen LogP contribution in [-0.4, -0.2) is 116 Å². The predicted molar refractivity (Wildman–Crippen MR) is 82.8 cm³/mol. The van der Waals surface area contributed by atoms with Gasteiger partial charge in [-0.05, 0) is 13.8 Å². The molecule has 158 valence electrons. The first-order valence-electron chi connectivity index (χ1n) is 8.41. The van der Waals surface area contributed by atoms with Crippen molar-refractivity contribution in [3.8, 4) is 0 Å². The van der Waals surface area contributed by atoms with Gasteiger partial charge in [-0.1, -0.05) is 0 Å². The van der Waals surface area contributed by atoms with Gasteiger partial charge in [0.2, 0.25) is 5.79 Å². The van der Waals surface area contributed by atoms with Crippen molar-refractivity contribution < 1.29 is 59.5 Å². The highest BCUT2D eigenvalue weighted by Gasteiger charge is 2.59. The van der Waals surface area contributed by atoms with Crippen LogP contribution in [0.25, 0.3) is 0 Å². The van der Waals surface area contributed by atoms with E-state index in [1.165, 1.54) is 0 Å². The molecule has 7 N–H and O–H groups in total. The summed E-state index contributed by atoms with van der Waals surface area (Å²) in [5.41, 5.74) is 0. The van der Waals surface area contributed by atoms with Crippen molar-refractivity contribution in [2.45, 2.75) is 74.8 Å². The van der Waals surface area contributed by atoms with E-state index < -0.39 is 80.1 Å². The predicted octanol–water partition coefficient (Wildman–Crippen LogP) is -4.44. The first kappa shape index (κ1) is 22.4. The molecule has 2 aliphatic rings. The van der Waals surface area contributed by atoms with Crippen LogP contribution < -0.4 is 0 Å². The number of aliphatic hydroxyl groups excluding tert-OH is 7. The molecule has 0 saturated carbocycles. The highest BCUT2D eigenvalue weighted by Crippen LogP contribution is 2.36. The van der Waals surface area contributed by atoms with Crippen molar-refractivity contribution >= 4 is 5.97 Å². The van der Waals surface area contributed by atoms with Crippen molar-refractivity contribution in [2.75, 3.05) is 13.2 Å². The zero-order valence-corrected chi connectivity index (χ0v) is 14.8. The molecule has 3 unspecified atom stereocenters. The van der Waals surface area contributed by atoms with Crippen molar-refractivity contribution in [1.29, 1.82) is 0 Å². The zero-order chi connectivity index (χ0) is 20.5. The van der Waals surface area contributed by atoms with Crippen molar-refractivity contribution in [3.05, 3.63) is 0 Å². The fraction of sp³-hybridized carbons (Fsp3) is 0.933. The largest absolute Gasteiger partial charge is 0.461 e. The number of aliphatic hydroxyl groups is 7. The molecule has 0 aromatic heterocycles. The SMILES string of the molecule is CC(C)OC(=O)C1O[C@H](O[C@]2(CO)O[C@H](CO)C(O)[C@H]2O)C(O)[C@@H](O)[C@@H]1O. The molecule has 0 bridgehead atoms. The van der Waals surface area contributed by atoms with Crippen LogP contribution in [0.4, 0.5) is 0 Å². The summed E-state index contributed by atoms with van der Waals surface area (Å²) in [6.07, 6.45) is -14.5. The van der Waals surface area contributed by atoms with Gasteiger partial charge < -0.3 is 54.7 Å². The number of esters is 1. The monoisotopic (exact) mass is 398 g/mol. The molecule has 0 amide bonds. The molecule has 2 rings (SSSR count). The lowest BCUT2D eigenvalue weighted by Crippen LogP contribution is -2.63. The molecule has 2 heterocycles. The van der Waals surface area contributed by atoms with E-state index in [0.29, 0.717) is 0 Å². The first-order chi connectivity index (χ1) is 12.6. The Labute approximate surface area is 154 Å². The smallest absolute Gasteiger partial charge is 0.338 e. The maximum atomic E-state index is 12.1. The van der Waals surface area contributed by atoms with E-state index in [2.05, 4.69) is 0 Å². The summed E-state index contributed by atoms with van der Waals surface area (Å²) in [6.45, 7) is 1.37. The fourth-order valence-electron chi connectivity index (χ4n) is 2.91. The van der Waals surface area contributed by atoms with Crippen molar-refractivity contribution in [2.24, 2.45) is 0 Å². The number of rotatable bonds is 6. The quantitative estimate of drug-likeness (QED) is 0.212. The summed E-state index contributed by atoms with van der Waals surface area (Å²) in [6, 6.07) is 0. The zero-order valence-electron chi connectivity index (χ0n) is 14.8. The second-order valence-corrected chi connectivity index (χ2v) is 6.74. The fourth-order valence-corrected chi connectivity index (χ4v) is 2.91. The molecule has 2 fully saturated rings. The van der Waals surface area contributed by atoms with Gasteiger partial charge in [0.1, 0.15) is 43.2 Å². The van der Waals surface area contributed by atoms with E-state index in [1.807, 2.05) is 0 Å². The van der Waals surface area contributed by atoms with Crippen molar-refractivity contribution in [3.63, 3.8) is 0 Å². The summed E-state index contributed by atoms with van der Waals surface area (Å²) < 4.78 is 20.5. The third kappa shape index (κ3) is 4.24. The van der Waals surface area contributed by atoms with E-state index >= 15 is 0 Å². The third-order valence-electron chi connectivity index (χ3n) is 4.38. The van der Waals surface area contributed by atoms with Crippen LogP contribution >= 0.6 is 0 Å². The van der Waals surface area contributed by atoms with E-state index in [-0.39, 0.29) is 0 Å². The molecule has 27 heavy (non-hydrogen) atoms. The van der Waals surface area contributed by atoms with Gasteiger partial charge in [0.05, 0.1) is 12.7 Å². The second kappa shape index (κ2) is 8.61. The Morgan fingerprint density at radius 3 is 2.15 bits per heavy atom. The van der Waals surface area contributed by atoms with Gasteiger partial charge >= 0.3 is 5.97 Å². The van der Waals surface area contributed by atoms with E-state index in [4.69, 9.17) is 24.1 Å². The highest BCUT2D eigenvalue weighted by atomic mass is 16.8. The molecule has 0 aromatic carbocycles. The van der Waals surface area contributed by atoms with Crippen LogP contribution in [0.15, 0.2) is 0 Å². The normalized spacial score (nSPS) is 45.3. The van der Waals surface area contributed by atoms with E-state index in [0.717, 1.165) is 0 Å². The Morgan fingerprint density at radius 2 is 1.67 bits per heavy atom. The summed E-state index contributed by atoms with van der Waals surface area (Å²) in [5, 5.41) is 68.8. The highest BCUT2D eigenvalue weighted by molar-refractivity contribution is 5.76. The minimum atomic E-state index is -2.31. The first-order valence-corrected chi connectivity index (χ1v) is 8.41. The van der Waals surface area contributed by atoms with E-state index in [1.54, 1.807) is 13.8 Å². The lowest BCUT2D eigenvalue weighted by molar-refractivity contribution is -0.379. The standard InChI is InChI=1S/C15H26O12/c1-5(2)24-13(23)11-9(20)8(19)10(21)14(25-11)27-15(4-17)12(22)7(18)6(3-16)26-15/h5-12,14,16-22H,3-4H2,1-2H3/t6-,7?,8+,9+,10?,11?,12-,14-,15+/m1/s1. The average Bonchev–Trinajstić information content (AvgIpc) is 2.86. The lowest BCUT2D eigenvalue weighted by Gasteiger charge is -2.42. The Balaban J connectivity index is 2.21. The van der Waals surface area contributed by atoms with Gasteiger partial charge in [0, 0.05) is 0 Å². The summed E-state index contributed by atoms with van der Waals surface area (Å²) >= 11 is 0. The molecule has 0 spiro atoms. The Hall–Kier alpha value is -0.930. The third-order valence-corrected chi connectivity index (χ3v) is 4.38. The molecular weight excluding hydrogens is 372 g/mol. The van der Waals surface area contributed by atoms with Crippen LogP contribution in [0.5, 0.6) is 0 Å². The topological polar surface area (TPSA) is 196 Å². The van der Waals surface area contributed by atoms with Crippen LogP contribution in [0.1, 0.15) is 13.8 Å². The lowest BCUT2D eigenvalue weighted by atomic mass is 9.98. The van der Waals surface area contributed by atoms with Gasteiger partial charge in [-0.3, -0.25) is 0 Å². The van der Waals surface area contributed by atoms with E-state index in [9.17, 15) is 35.4 Å². The minimum Gasteiger partial charge on any atom is -0.461 e. The molecule has 2 aliphatic heterocycles. The maximum absolute atomic E-state index is 12.1. The molecule has 0 aromatic rings. The Morgan fingerprint density at radius 1 is 1.04 bits per heavy atom. The summed E-state index contributed by atoms with van der Waals surface area (Å²) in [5.74, 6) is -3.34. The van der Waals surface area contributed by atoms with Gasteiger partial charge in [0.25, 0.3) is 0 Å². The maximum Gasteiger partial charge on any atom is 0.338 e. The minimum absolute atomic E-state index is 0.555. The van der Waals surface area contributed by atoms with Gasteiger partial charge in [0.15, 0.2) is 12.4 Å². The number of ether oxygens (including phenoxy) is 4. The Kier molecular flexibility index (Phi) is 7.13. The second-order valence-electron chi connectivity index (χ2n) is 6.74. The molecule has 12 nitrogen and oxygen atoms in total. The molecule has 0 aliphatic carbocycles. The van der Waals surface area contributed by atoms with Crippen LogP contribution in [0.3, 0.4) is 0 Å². The molecule has 9 atom stereocenters. The van der Waals surface area contributed by atoms with Crippen molar-refractivity contribution in [1.82, 2.24) is 0 Å².